The van der Waals surface area contributed by atoms with Crippen LogP contribution in [0.4, 0.5) is 17.6 Å². The molecule has 0 saturated heterocycles. The SMILES string of the molecule is C[C@@H](NC(=O)c1c(F)cccc1Cl)c1cccc(C(F)(F)F)c1. The van der Waals surface area contributed by atoms with Crippen molar-refractivity contribution in [1.29, 1.82) is 0 Å². The van der Waals surface area contributed by atoms with E-state index in [1.165, 1.54) is 31.2 Å². The van der Waals surface area contributed by atoms with Crippen molar-refractivity contribution in [3.8, 4) is 0 Å². The van der Waals surface area contributed by atoms with Gasteiger partial charge in [-0.2, -0.15) is 13.2 Å². The summed E-state index contributed by atoms with van der Waals surface area (Å²) in [6.07, 6.45) is -4.48. The first-order valence-corrected chi connectivity index (χ1v) is 7.00. The van der Waals surface area contributed by atoms with E-state index >= 15 is 0 Å². The van der Waals surface area contributed by atoms with Gasteiger partial charge in [0.1, 0.15) is 5.82 Å². The van der Waals surface area contributed by atoms with E-state index in [4.69, 9.17) is 11.6 Å². The Kier molecular flexibility index (Phi) is 4.94. The Hall–Kier alpha value is -2.08. The van der Waals surface area contributed by atoms with Gasteiger partial charge in [-0.15, -0.1) is 0 Å². The van der Waals surface area contributed by atoms with Gasteiger partial charge >= 0.3 is 6.18 Å². The van der Waals surface area contributed by atoms with Crippen molar-refractivity contribution in [2.75, 3.05) is 0 Å². The highest BCUT2D eigenvalue weighted by molar-refractivity contribution is 6.33. The molecule has 1 N–H and O–H groups in total. The van der Waals surface area contributed by atoms with Gasteiger partial charge in [0.25, 0.3) is 5.91 Å². The number of carbonyl (C=O) groups excluding carboxylic acids is 1. The van der Waals surface area contributed by atoms with E-state index in [1.54, 1.807) is 0 Å². The lowest BCUT2D eigenvalue weighted by Crippen LogP contribution is -2.28. The molecule has 0 aromatic heterocycles. The van der Waals surface area contributed by atoms with E-state index in [0.717, 1.165) is 18.2 Å². The molecule has 0 saturated carbocycles. The van der Waals surface area contributed by atoms with Crippen LogP contribution in [0, 0.1) is 5.82 Å². The summed E-state index contributed by atoms with van der Waals surface area (Å²) in [4.78, 5) is 12.1. The molecule has 0 aliphatic rings. The molecule has 2 aromatic rings. The van der Waals surface area contributed by atoms with Crippen LogP contribution in [-0.4, -0.2) is 5.91 Å². The molecule has 0 aliphatic heterocycles. The first-order chi connectivity index (χ1) is 10.7. The molecule has 7 heteroatoms. The van der Waals surface area contributed by atoms with Gasteiger partial charge in [-0.05, 0) is 36.8 Å². The van der Waals surface area contributed by atoms with E-state index in [9.17, 15) is 22.4 Å². The van der Waals surface area contributed by atoms with Crippen molar-refractivity contribution in [3.05, 3.63) is 70.0 Å². The third-order valence-corrected chi connectivity index (χ3v) is 3.57. The summed E-state index contributed by atoms with van der Waals surface area (Å²) < 4.78 is 51.8. The summed E-state index contributed by atoms with van der Waals surface area (Å²) in [5.41, 5.74) is -0.909. The zero-order valence-electron chi connectivity index (χ0n) is 11.9. The summed E-state index contributed by atoms with van der Waals surface area (Å²) >= 11 is 5.79. The van der Waals surface area contributed by atoms with Gasteiger partial charge in [-0.3, -0.25) is 4.79 Å². The van der Waals surface area contributed by atoms with Crippen LogP contribution in [-0.2, 0) is 6.18 Å². The molecule has 1 atom stereocenters. The van der Waals surface area contributed by atoms with Gasteiger partial charge in [-0.25, -0.2) is 4.39 Å². The molecule has 0 radical (unpaired) electrons. The van der Waals surface area contributed by atoms with Crippen molar-refractivity contribution >= 4 is 17.5 Å². The zero-order valence-corrected chi connectivity index (χ0v) is 12.7. The first kappa shape index (κ1) is 17.3. The van der Waals surface area contributed by atoms with Gasteiger partial charge in [0.05, 0.1) is 22.2 Å². The Labute approximate surface area is 135 Å². The second-order valence-corrected chi connectivity index (χ2v) is 5.32. The first-order valence-electron chi connectivity index (χ1n) is 6.62. The molecule has 122 valence electrons. The largest absolute Gasteiger partial charge is 0.416 e. The molecule has 0 spiro atoms. The normalized spacial score (nSPS) is 12.8. The summed E-state index contributed by atoms with van der Waals surface area (Å²) in [5, 5.41) is 2.37. The minimum Gasteiger partial charge on any atom is -0.345 e. The van der Waals surface area contributed by atoms with Crippen molar-refractivity contribution in [3.63, 3.8) is 0 Å². The minimum atomic E-state index is -4.48. The van der Waals surface area contributed by atoms with Crippen LogP contribution in [0.25, 0.3) is 0 Å². The van der Waals surface area contributed by atoms with E-state index in [0.29, 0.717) is 0 Å². The molecular weight excluding hydrogens is 334 g/mol. The lowest BCUT2D eigenvalue weighted by Gasteiger charge is -2.17. The molecule has 2 nitrogen and oxygen atoms in total. The Bertz CT molecular complexity index is 710. The molecule has 0 bridgehead atoms. The monoisotopic (exact) mass is 345 g/mol. The maximum Gasteiger partial charge on any atom is 0.416 e. The number of nitrogens with one attached hydrogen (secondary N) is 1. The number of rotatable bonds is 3. The maximum atomic E-state index is 13.7. The Morgan fingerprint density at radius 2 is 1.83 bits per heavy atom. The van der Waals surface area contributed by atoms with Gasteiger partial charge in [0, 0.05) is 0 Å². The van der Waals surface area contributed by atoms with Crippen LogP contribution in [0.15, 0.2) is 42.5 Å². The van der Waals surface area contributed by atoms with Gasteiger partial charge in [0.2, 0.25) is 0 Å². The fourth-order valence-electron chi connectivity index (χ4n) is 2.05. The fraction of sp³-hybridized carbons (Fsp3) is 0.188. The van der Waals surface area contributed by atoms with Crippen LogP contribution < -0.4 is 5.32 Å². The molecule has 2 aromatic carbocycles. The summed E-state index contributed by atoms with van der Waals surface area (Å²) in [7, 11) is 0. The Morgan fingerprint density at radius 3 is 2.43 bits per heavy atom. The van der Waals surface area contributed by atoms with Crippen LogP contribution >= 0.6 is 11.6 Å². The van der Waals surface area contributed by atoms with E-state index in [1.807, 2.05) is 0 Å². The summed E-state index contributed by atoms with van der Waals surface area (Å²) in [6.45, 7) is 1.50. The number of hydrogen-bond donors (Lipinski definition) is 1. The molecule has 0 unspecified atom stereocenters. The predicted molar refractivity (Wildman–Crippen MR) is 78.7 cm³/mol. The van der Waals surface area contributed by atoms with Crippen molar-refractivity contribution in [2.45, 2.75) is 19.1 Å². The smallest absolute Gasteiger partial charge is 0.345 e. The van der Waals surface area contributed by atoms with Crippen LogP contribution in [0.5, 0.6) is 0 Å². The van der Waals surface area contributed by atoms with Gasteiger partial charge < -0.3 is 5.32 Å². The number of benzene rings is 2. The van der Waals surface area contributed by atoms with Crippen LogP contribution in [0.2, 0.25) is 5.02 Å². The minimum absolute atomic E-state index is 0.0706. The summed E-state index contributed by atoms with van der Waals surface area (Å²) in [6, 6.07) is 7.61. The fourth-order valence-corrected chi connectivity index (χ4v) is 2.30. The molecule has 1 amide bonds. The molecular formula is C16H12ClF4NO. The molecule has 0 fully saturated rings. The average molecular weight is 346 g/mol. The van der Waals surface area contributed by atoms with Crippen LogP contribution in [0.1, 0.15) is 34.5 Å². The maximum absolute atomic E-state index is 13.7. The number of alkyl halides is 3. The van der Waals surface area contributed by atoms with E-state index in [-0.39, 0.29) is 16.1 Å². The van der Waals surface area contributed by atoms with Gasteiger partial charge in [-0.1, -0.05) is 29.8 Å². The lowest BCUT2D eigenvalue weighted by atomic mass is 10.0. The Morgan fingerprint density at radius 1 is 1.17 bits per heavy atom. The topological polar surface area (TPSA) is 29.1 Å². The number of halogens is 5. The standard InChI is InChI=1S/C16H12ClF4NO/c1-9(10-4-2-5-11(8-10)16(19,20)21)22-15(23)14-12(17)6-3-7-13(14)18/h2-9H,1H3,(H,22,23)/t9-/m1/s1. The van der Waals surface area contributed by atoms with Crippen molar-refractivity contribution in [1.82, 2.24) is 5.32 Å². The van der Waals surface area contributed by atoms with Crippen molar-refractivity contribution in [2.24, 2.45) is 0 Å². The number of hydrogen-bond acceptors (Lipinski definition) is 1. The quantitative estimate of drug-likeness (QED) is 0.780. The third-order valence-electron chi connectivity index (χ3n) is 3.25. The zero-order chi connectivity index (χ0) is 17.2. The predicted octanol–water partition coefficient (Wildman–Crippen LogP) is 4.99. The highest BCUT2D eigenvalue weighted by atomic mass is 35.5. The molecule has 0 aliphatic carbocycles. The molecule has 2 rings (SSSR count). The van der Waals surface area contributed by atoms with Gasteiger partial charge in [0.15, 0.2) is 0 Å². The molecule has 0 heterocycles. The van der Waals surface area contributed by atoms with E-state index in [2.05, 4.69) is 5.32 Å². The van der Waals surface area contributed by atoms with E-state index < -0.39 is 29.5 Å². The van der Waals surface area contributed by atoms with Crippen molar-refractivity contribution < 1.29 is 22.4 Å². The lowest BCUT2D eigenvalue weighted by molar-refractivity contribution is -0.137. The summed E-state index contributed by atoms with van der Waals surface area (Å²) in [5.74, 6) is -1.59. The Balaban J connectivity index is 2.22. The second-order valence-electron chi connectivity index (χ2n) is 4.92. The average Bonchev–Trinajstić information content (AvgIpc) is 2.46. The highest BCUT2D eigenvalue weighted by Crippen LogP contribution is 2.31. The third kappa shape index (κ3) is 4.01. The second kappa shape index (κ2) is 6.58. The number of carbonyl (C=O) groups is 1. The van der Waals surface area contributed by atoms with Crippen LogP contribution in [0.3, 0.4) is 0 Å². The number of amides is 1. The molecule has 23 heavy (non-hydrogen) atoms. The highest BCUT2D eigenvalue weighted by Gasteiger charge is 2.30.